The molecule has 7 heteroatoms. The first-order valence-corrected chi connectivity index (χ1v) is 14.4. The van der Waals surface area contributed by atoms with Crippen molar-refractivity contribution in [2.45, 2.75) is 36.3 Å². The molecule has 40 heavy (non-hydrogen) atoms. The van der Waals surface area contributed by atoms with E-state index in [-0.39, 0.29) is 24.2 Å². The lowest BCUT2D eigenvalue weighted by atomic mass is 9.76. The van der Waals surface area contributed by atoms with Crippen LogP contribution in [0.15, 0.2) is 102 Å². The van der Waals surface area contributed by atoms with Crippen LogP contribution in [0, 0.1) is 11.7 Å². The van der Waals surface area contributed by atoms with E-state index in [1.165, 1.54) is 12.1 Å². The second-order valence-electron chi connectivity index (χ2n) is 9.96. The molecule has 1 heterocycles. The molecule has 1 fully saturated rings. The molecule has 0 aromatic heterocycles. The molecular formula is C33H30FNO4S. The molecule has 204 valence electrons. The standard InChI is InChI=1S/C33H30FNO4S/c1-40-27-9-5-6-22(19-27)23-12-15-28(24(18-23)20-31(37)38)32-29(33(39)35(32)26-7-3-2-4-8-26)16-17-30(36)21-10-13-25(34)14-11-21/h2-15,18-19,29-30,32,36H,16-17,20H2,1H3,(H,37,38)/t29-,30+,32-/m1/s1. The molecule has 1 aliphatic heterocycles. The minimum Gasteiger partial charge on any atom is -0.481 e. The molecule has 5 rings (SSSR count). The normalized spacial score (nSPS) is 17.4. The van der Waals surface area contributed by atoms with E-state index < -0.39 is 18.0 Å². The molecule has 3 atom stereocenters. The minimum atomic E-state index is -0.948. The largest absolute Gasteiger partial charge is 0.481 e. The maximum absolute atomic E-state index is 13.5. The van der Waals surface area contributed by atoms with Crippen molar-refractivity contribution in [2.24, 2.45) is 5.92 Å². The number of halogens is 1. The Hall–Kier alpha value is -3.94. The SMILES string of the molecule is CSc1cccc(-c2ccc([C@@H]3[C@@H](CC[C@H](O)c4ccc(F)cc4)C(=O)N3c3ccccc3)c(CC(=O)O)c2)c1. The van der Waals surface area contributed by atoms with Gasteiger partial charge in [0.25, 0.3) is 0 Å². The summed E-state index contributed by atoms with van der Waals surface area (Å²) in [7, 11) is 0. The first-order chi connectivity index (χ1) is 19.4. The van der Waals surface area contributed by atoms with Crippen molar-refractivity contribution in [3.8, 4) is 11.1 Å². The minimum absolute atomic E-state index is 0.0690. The zero-order chi connectivity index (χ0) is 28.2. The van der Waals surface area contributed by atoms with Crippen LogP contribution in [0.3, 0.4) is 0 Å². The highest BCUT2D eigenvalue weighted by molar-refractivity contribution is 7.98. The lowest BCUT2D eigenvalue weighted by Crippen LogP contribution is -2.55. The summed E-state index contributed by atoms with van der Waals surface area (Å²) in [5.41, 5.74) is 4.68. The summed E-state index contributed by atoms with van der Waals surface area (Å²) < 4.78 is 13.4. The first kappa shape index (κ1) is 27.6. The predicted octanol–water partition coefficient (Wildman–Crippen LogP) is 7.06. The number of carboxylic acids is 1. The summed E-state index contributed by atoms with van der Waals surface area (Å²) in [5, 5.41) is 20.5. The van der Waals surface area contributed by atoms with Crippen LogP contribution in [0.2, 0.25) is 0 Å². The maximum atomic E-state index is 13.5. The highest BCUT2D eigenvalue weighted by atomic mass is 32.2. The number of carbonyl (C=O) groups excluding carboxylic acids is 1. The Morgan fingerprint density at radius 3 is 2.38 bits per heavy atom. The van der Waals surface area contributed by atoms with Gasteiger partial charge >= 0.3 is 5.97 Å². The van der Waals surface area contributed by atoms with Gasteiger partial charge in [-0.3, -0.25) is 9.59 Å². The second kappa shape index (κ2) is 12.1. The predicted molar refractivity (Wildman–Crippen MR) is 156 cm³/mol. The van der Waals surface area contributed by atoms with Crippen molar-refractivity contribution in [3.05, 3.63) is 120 Å². The van der Waals surface area contributed by atoms with Gasteiger partial charge in [-0.1, -0.05) is 60.7 Å². The number of aliphatic hydroxyl groups excluding tert-OH is 1. The third kappa shape index (κ3) is 5.81. The van der Waals surface area contributed by atoms with Crippen molar-refractivity contribution < 1.29 is 24.2 Å². The van der Waals surface area contributed by atoms with E-state index in [2.05, 4.69) is 6.07 Å². The number of carbonyl (C=O) groups is 2. The number of carboxylic acid groups (broad SMARTS) is 1. The van der Waals surface area contributed by atoms with Gasteiger partial charge in [0, 0.05) is 10.6 Å². The van der Waals surface area contributed by atoms with Gasteiger partial charge in [-0.25, -0.2) is 4.39 Å². The lowest BCUT2D eigenvalue weighted by Gasteiger charge is -2.48. The van der Waals surface area contributed by atoms with Gasteiger partial charge in [-0.15, -0.1) is 11.8 Å². The fourth-order valence-corrected chi connectivity index (χ4v) is 5.90. The molecule has 0 spiro atoms. The van der Waals surface area contributed by atoms with Crippen molar-refractivity contribution in [3.63, 3.8) is 0 Å². The van der Waals surface area contributed by atoms with Crippen LogP contribution in [0.5, 0.6) is 0 Å². The molecule has 4 aromatic carbocycles. The molecule has 4 aromatic rings. The van der Waals surface area contributed by atoms with Gasteiger partial charge in [-0.2, -0.15) is 0 Å². The molecule has 2 N–H and O–H groups in total. The molecule has 0 radical (unpaired) electrons. The van der Waals surface area contributed by atoms with Gasteiger partial charge in [0.05, 0.1) is 24.5 Å². The summed E-state index contributed by atoms with van der Waals surface area (Å²) in [6, 6.07) is 28.6. The van der Waals surface area contributed by atoms with Crippen LogP contribution < -0.4 is 4.90 Å². The van der Waals surface area contributed by atoms with Crippen LogP contribution in [0.1, 0.15) is 41.7 Å². The monoisotopic (exact) mass is 555 g/mol. The quantitative estimate of drug-likeness (QED) is 0.162. The van der Waals surface area contributed by atoms with Crippen LogP contribution in [0.25, 0.3) is 11.1 Å². The third-order valence-electron chi connectivity index (χ3n) is 7.46. The Balaban J connectivity index is 1.50. The van der Waals surface area contributed by atoms with E-state index >= 15 is 0 Å². The number of para-hydroxylation sites is 1. The number of hydrogen-bond acceptors (Lipinski definition) is 4. The second-order valence-corrected chi connectivity index (χ2v) is 10.8. The van der Waals surface area contributed by atoms with Crippen molar-refractivity contribution >= 4 is 29.3 Å². The van der Waals surface area contributed by atoms with E-state index in [0.29, 0.717) is 24.0 Å². The Morgan fingerprint density at radius 1 is 0.950 bits per heavy atom. The van der Waals surface area contributed by atoms with E-state index in [1.54, 1.807) is 28.8 Å². The highest BCUT2D eigenvalue weighted by Crippen LogP contribution is 2.47. The number of hydrogen-bond donors (Lipinski definition) is 2. The highest BCUT2D eigenvalue weighted by Gasteiger charge is 2.49. The summed E-state index contributed by atoms with van der Waals surface area (Å²) in [5.74, 6) is -1.83. The fraction of sp³-hybridized carbons (Fsp3) is 0.212. The molecule has 5 nitrogen and oxygen atoms in total. The van der Waals surface area contributed by atoms with Gasteiger partial charge in [0.15, 0.2) is 0 Å². The zero-order valence-corrected chi connectivity index (χ0v) is 22.9. The number of aliphatic hydroxyl groups is 1. The van der Waals surface area contributed by atoms with Crippen molar-refractivity contribution in [1.82, 2.24) is 0 Å². The lowest BCUT2D eigenvalue weighted by molar-refractivity contribution is -0.136. The van der Waals surface area contributed by atoms with Gasteiger partial charge in [0.1, 0.15) is 5.82 Å². The molecule has 1 aliphatic rings. The number of aliphatic carboxylic acids is 1. The number of thioether (sulfide) groups is 1. The van der Waals surface area contributed by atoms with Gasteiger partial charge < -0.3 is 15.1 Å². The topological polar surface area (TPSA) is 77.8 Å². The number of β-lactam (4-membered cyclic amide) rings is 1. The van der Waals surface area contributed by atoms with E-state index in [9.17, 15) is 24.2 Å². The molecule has 0 unspecified atom stereocenters. The first-order valence-electron chi connectivity index (χ1n) is 13.2. The van der Waals surface area contributed by atoms with Gasteiger partial charge in [0.2, 0.25) is 5.91 Å². The molecule has 1 amide bonds. The molecular weight excluding hydrogens is 525 g/mol. The van der Waals surface area contributed by atoms with E-state index in [0.717, 1.165) is 27.3 Å². The number of benzene rings is 4. The van der Waals surface area contributed by atoms with Crippen LogP contribution >= 0.6 is 11.8 Å². The Morgan fingerprint density at radius 2 is 1.68 bits per heavy atom. The van der Waals surface area contributed by atoms with E-state index in [1.807, 2.05) is 73.0 Å². The number of rotatable bonds is 10. The van der Waals surface area contributed by atoms with Crippen LogP contribution in [0.4, 0.5) is 10.1 Å². The van der Waals surface area contributed by atoms with Crippen molar-refractivity contribution in [1.29, 1.82) is 0 Å². The Bertz CT molecular complexity index is 1510. The summed E-state index contributed by atoms with van der Waals surface area (Å²) in [6.45, 7) is 0. The van der Waals surface area contributed by atoms with Crippen LogP contribution in [-0.2, 0) is 16.0 Å². The Labute approximate surface area is 237 Å². The van der Waals surface area contributed by atoms with Crippen LogP contribution in [-0.4, -0.2) is 28.3 Å². The van der Waals surface area contributed by atoms with E-state index in [4.69, 9.17) is 0 Å². The smallest absolute Gasteiger partial charge is 0.307 e. The number of anilines is 1. The summed E-state index contributed by atoms with van der Waals surface area (Å²) in [4.78, 5) is 28.3. The summed E-state index contributed by atoms with van der Waals surface area (Å²) >= 11 is 1.64. The number of nitrogens with zero attached hydrogens (tertiary/aromatic N) is 1. The Kier molecular flexibility index (Phi) is 8.33. The molecule has 0 bridgehead atoms. The summed E-state index contributed by atoms with van der Waals surface area (Å²) in [6.07, 6.45) is 1.70. The zero-order valence-electron chi connectivity index (χ0n) is 22.0. The third-order valence-corrected chi connectivity index (χ3v) is 8.19. The average molecular weight is 556 g/mol. The fourth-order valence-electron chi connectivity index (χ4n) is 5.44. The molecule has 0 aliphatic carbocycles. The molecule has 0 saturated carbocycles. The maximum Gasteiger partial charge on any atom is 0.307 e. The average Bonchev–Trinajstić information content (AvgIpc) is 2.96. The number of amides is 1. The van der Waals surface area contributed by atoms with Gasteiger partial charge in [-0.05, 0) is 83.3 Å². The molecule has 1 saturated heterocycles. The van der Waals surface area contributed by atoms with Crippen molar-refractivity contribution in [2.75, 3.05) is 11.2 Å².